The second kappa shape index (κ2) is 17.0. The van der Waals surface area contributed by atoms with Gasteiger partial charge in [0.05, 0.1) is 19.1 Å². The van der Waals surface area contributed by atoms with E-state index in [9.17, 15) is 9.59 Å². The van der Waals surface area contributed by atoms with Crippen LogP contribution in [-0.2, 0) is 20.9 Å². The van der Waals surface area contributed by atoms with Crippen LogP contribution in [0.3, 0.4) is 0 Å². The van der Waals surface area contributed by atoms with Crippen LogP contribution in [0.1, 0.15) is 96.6 Å². The Morgan fingerprint density at radius 1 is 0.909 bits per heavy atom. The van der Waals surface area contributed by atoms with E-state index in [-0.39, 0.29) is 18.5 Å². The zero-order valence-electron chi connectivity index (χ0n) is 20.9. The maximum atomic E-state index is 12.2. The third kappa shape index (κ3) is 11.3. The van der Waals surface area contributed by atoms with Gasteiger partial charge in [-0.1, -0.05) is 78.4 Å². The van der Waals surface area contributed by atoms with Crippen molar-refractivity contribution in [2.75, 3.05) is 13.2 Å². The van der Waals surface area contributed by atoms with E-state index in [4.69, 9.17) is 19.3 Å². The predicted molar refractivity (Wildman–Crippen MR) is 132 cm³/mol. The molecule has 0 spiro atoms. The molecule has 33 heavy (non-hydrogen) atoms. The first kappa shape index (κ1) is 28.5. The van der Waals surface area contributed by atoms with Gasteiger partial charge in [-0.25, -0.2) is 4.79 Å². The molecule has 0 aliphatic rings. The van der Waals surface area contributed by atoms with Gasteiger partial charge in [-0.05, 0) is 25.3 Å². The molecule has 0 fully saturated rings. The molecule has 6 nitrogen and oxygen atoms in total. The van der Waals surface area contributed by atoms with E-state index in [2.05, 4.69) is 13.8 Å². The Morgan fingerprint density at radius 2 is 1.52 bits per heavy atom. The number of rotatable bonds is 18. The van der Waals surface area contributed by atoms with Crippen LogP contribution in [-0.4, -0.2) is 30.3 Å². The number of carboxylic acids is 1. The summed E-state index contributed by atoms with van der Waals surface area (Å²) in [5.41, 5.74) is 1.35. The minimum absolute atomic E-state index is 0.0859. The van der Waals surface area contributed by atoms with E-state index in [0.717, 1.165) is 63.0 Å². The van der Waals surface area contributed by atoms with Crippen LogP contribution in [0.15, 0.2) is 18.2 Å². The van der Waals surface area contributed by atoms with Crippen LogP contribution in [0.2, 0.25) is 0 Å². The molecule has 0 radical (unpaired) electrons. The number of carboxylic acid groups (broad SMARTS) is 1. The van der Waals surface area contributed by atoms with Gasteiger partial charge in [-0.2, -0.15) is 0 Å². The molecule has 0 saturated heterocycles. The highest BCUT2D eigenvalue weighted by molar-refractivity contribution is 5.86. The van der Waals surface area contributed by atoms with Gasteiger partial charge in [-0.3, -0.25) is 4.79 Å². The van der Waals surface area contributed by atoms with E-state index in [1.165, 1.54) is 6.08 Å². The fourth-order valence-electron chi connectivity index (χ4n) is 3.20. The fourth-order valence-corrected chi connectivity index (χ4v) is 3.20. The first-order valence-electron chi connectivity index (χ1n) is 12.4. The summed E-state index contributed by atoms with van der Waals surface area (Å²) in [4.78, 5) is 23.3. The summed E-state index contributed by atoms with van der Waals surface area (Å²) < 4.78 is 17.8. The first-order valence-corrected chi connectivity index (χ1v) is 12.4. The number of unbranched alkanes of at least 4 members (excludes halogenated alkanes) is 6. The number of carbonyl (C=O) groups is 2. The highest BCUT2D eigenvalue weighted by Crippen LogP contribution is 2.37. The van der Waals surface area contributed by atoms with E-state index >= 15 is 0 Å². The monoisotopic (exact) mass is 462 g/mol. The molecule has 6 heteroatoms. The fraction of sp³-hybridized carbons (Fsp3) is 0.630. The second-order valence-corrected chi connectivity index (χ2v) is 8.38. The molecule has 1 unspecified atom stereocenters. The van der Waals surface area contributed by atoms with Crippen molar-refractivity contribution in [3.05, 3.63) is 29.3 Å². The molecule has 1 atom stereocenters. The van der Waals surface area contributed by atoms with Gasteiger partial charge in [0.25, 0.3) is 0 Å². The summed E-state index contributed by atoms with van der Waals surface area (Å²) in [6, 6.07) is 3.61. The highest BCUT2D eigenvalue weighted by atomic mass is 16.5. The average molecular weight is 463 g/mol. The Bertz CT molecular complexity index is 740. The largest absolute Gasteiger partial charge is 0.489 e. The van der Waals surface area contributed by atoms with Gasteiger partial charge >= 0.3 is 11.9 Å². The van der Waals surface area contributed by atoms with Crippen molar-refractivity contribution in [1.29, 1.82) is 0 Å². The molecule has 1 N–H and O–H groups in total. The molecule has 1 aromatic carbocycles. The Labute approximate surface area is 199 Å². The van der Waals surface area contributed by atoms with E-state index < -0.39 is 5.97 Å². The minimum Gasteiger partial charge on any atom is -0.489 e. The molecular weight excluding hydrogens is 420 g/mol. The Balaban J connectivity index is 3.17. The maximum Gasteiger partial charge on any atom is 0.328 e. The lowest BCUT2D eigenvalue weighted by atomic mass is 10.1. The lowest BCUT2D eigenvalue weighted by Crippen LogP contribution is -2.14. The Hall–Kier alpha value is -2.50. The van der Waals surface area contributed by atoms with Gasteiger partial charge < -0.3 is 19.3 Å². The van der Waals surface area contributed by atoms with Crippen molar-refractivity contribution in [3.8, 4) is 11.5 Å². The summed E-state index contributed by atoms with van der Waals surface area (Å²) in [6.45, 7) is 9.23. The van der Waals surface area contributed by atoms with Crippen LogP contribution in [0, 0.1) is 5.92 Å². The molecule has 0 aromatic heterocycles. The van der Waals surface area contributed by atoms with Gasteiger partial charge in [0.2, 0.25) is 0 Å². The van der Waals surface area contributed by atoms with Crippen LogP contribution >= 0.6 is 0 Å². The van der Waals surface area contributed by atoms with Crippen molar-refractivity contribution < 1.29 is 28.9 Å². The number of benzene rings is 1. The van der Waals surface area contributed by atoms with Gasteiger partial charge in [0, 0.05) is 17.2 Å². The molecule has 0 bridgehead atoms. The van der Waals surface area contributed by atoms with Crippen molar-refractivity contribution in [2.45, 2.75) is 92.1 Å². The van der Waals surface area contributed by atoms with E-state index in [1.54, 1.807) is 6.07 Å². The summed E-state index contributed by atoms with van der Waals surface area (Å²) in [6.07, 6.45) is 11.8. The number of esters is 1. The van der Waals surface area contributed by atoms with Crippen LogP contribution < -0.4 is 9.47 Å². The smallest absolute Gasteiger partial charge is 0.328 e. The molecule has 1 rings (SSSR count). The molecule has 0 aliphatic heterocycles. The molecular formula is C27H42O6. The summed E-state index contributed by atoms with van der Waals surface area (Å²) >= 11 is 0. The number of aliphatic carboxylic acids is 1. The lowest BCUT2D eigenvalue weighted by Gasteiger charge is -2.19. The zero-order valence-corrected chi connectivity index (χ0v) is 20.9. The zero-order chi connectivity index (χ0) is 24.5. The molecule has 1 aromatic rings. The molecule has 186 valence electrons. The van der Waals surface area contributed by atoms with Crippen LogP contribution in [0.5, 0.6) is 11.5 Å². The molecule has 0 saturated carbocycles. The SMILES string of the molecule is CCCCCCOc1c(C=CC(=O)O)ccc(COC(=O)C(C)CC)c1OCCCCCC. The number of hydrogen-bond acceptors (Lipinski definition) is 5. The van der Waals surface area contributed by atoms with Crippen LogP contribution in [0.25, 0.3) is 6.08 Å². The van der Waals surface area contributed by atoms with Crippen LogP contribution in [0.4, 0.5) is 0 Å². The van der Waals surface area contributed by atoms with E-state index in [1.807, 2.05) is 19.9 Å². The Morgan fingerprint density at radius 3 is 2.06 bits per heavy atom. The number of ether oxygens (including phenoxy) is 3. The van der Waals surface area contributed by atoms with E-state index in [0.29, 0.717) is 36.7 Å². The normalized spacial score (nSPS) is 12.0. The predicted octanol–water partition coefficient (Wildman–Crippen LogP) is 6.79. The summed E-state index contributed by atoms with van der Waals surface area (Å²) in [5.74, 6) is -0.403. The molecule has 0 amide bonds. The molecule has 0 heterocycles. The number of hydrogen-bond donors (Lipinski definition) is 1. The van der Waals surface area contributed by atoms with Gasteiger partial charge in [0.15, 0.2) is 11.5 Å². The van der Waals surface area contributed by atoms with Crippen molar-refractivity contribution in [1.82, 2.24) is 0 Å². The van der Waals surface area contributed by atoms with Gasteiger partial charge in [-0.15, -0.1) is 0 Å². The van der Waals surface area contributed by atoms with Crippen molar-refractivity contribution >= 4 is 18.0 Å². The lowest BCUT2D eigenvalue weighted by molar-refractivity contribution is -0.149. The average Bonchev–Trinajstić information content (AvgIpc) is 2.81. The second-order valence-electron chi connectivity index (χ2n) is 8.38. The third-order valence-electron chi connectivity index (χ3n) is 5.50. The maximum absolute atomic E-state index is 12.2. The van der Waals surface area contributed by atoms with Crippen molar-refractivity contribution in [2.24, 2.45) is 5.92 Å². The topological polar surface area (TPSA) is 82.1 Å². The molecule has 0 aliphatic carbocycles. The summed E-state index contributed by atoms with van der Waals surface area (Å²) in [7, 11) is 0. The Kier molecular flexibility index (Phi) is 14.7. The number of carbonyl (C=O) groups excluding carboxylic acids is 1. The quantitative estimate of drug-likeness (QED) is 0.147. The summed E-state index contributed by atoms with van der Waals surface area (Å²) in [5, 5.41) is 9.09. The van der Waals surface area contributed by atoms with Gasteiger partial charge in [0.1, 0.15) is 6.61 Å². The minimum atomic E-state index is -1.03. The van der Waals surface area contributed by atoms with Crippen molar-refractivity contribution in [3.63, 3.8) is 0 Å². The third-order valence-corrected chi connectivity index (χ3v) is 5.50. The highest BCUT2D eigenvalue weighted by Gasteiger charge is 2.19. The standard InChI is InChI=1S/C27H42O6/c1-5-8-10-12-18-31-25-22(16-17-24(28)29)14-15-23(20-33-27(30)21(4)7-3)26(25)32-19-13-11-9-6-2/h14-17,21H,5-13,18-20H2,1-4H3,(H,28,29). The first-order chi connectivity index (χ1) is 15.9.